The van der Waals surface area contributed by atoms with E-state index < -0.39 is 8.24 Å². The lowest BCUT2D eigenvalue weighted by atomic mass is 9.88. The first-order valence-corrected chi connectivity index (χ1v) is 14.1. The van der Waals surface area contributed by atoms with Gasteiger partial charge in [-0.1, -0.05) is 85.4 Å². The Bertz CT molecular complexity index is 839. The molecule has 1 saturated carbocycles. The quantitative estimate of drug-likeness (QED) is 0.322. The number of carbonyl (C=O) groups is 1. The number of esters is 1. The lowest BCUT2D eigenvalue weighted by Crippen LogP contribution is -2.51. The number of aromatic nitrogens is 1. The molecule has 1 fully saturated rings. The molecule has 1 atom stereocenters. The van der Waals surface area contributed by atoms with Crippen molar-refractivity contribution in [2.24, 2.45) is 5.92 Å². The molecule has 0 saturated heterocycles. The van der Waals surface area contributed by atoms with Gasteiger partial charge in [0.25, 0.3) is 0 Å². The smallest absolute Gasteiger partial charge is 0.313 e. The second-order valence-electron chi connectivity index (χ2n) is 10.3. The molecule has 1 aliphatic rings. The second-order valence-corrected chi connectivity index (χ2v) is 16.0. The number of carbonyl (C=O) groups excluding carboxylic acids is 1. The summed E-state index contributed by atoms with van der Waals surface area (Å²) in [4.78, 5) is 13.0. The zero-order valence-electron chi connectivity index (χ0n) is 20.1. The fourth-order valence-electron chi connectivity index (χ4n) is 6.71. The van der Waals surface area contributed by atoms with Crippen molar-refractivity contribution < 1.29 is 9.53 Å². The summed E-state index contributed by atoms with van der Waals surface area (Å²) in [7, 11) is -0.378. The number of rotatable bonds is 8. The largest absolute Gasteiger partial charge is 0.469 e. The first-order chi connectivity index (χ1) is 14.2. The molecule has 1 aromatic heterocycles. The maximum atomic E-state index is 13.0. The lowest BCUT2D eigenvalue weighted by Gasteiger charge is -2.44. The Labute approximate surface area is 184 Å². The molecule has 0 aliphatic heterocycles. The molecular formula is C26H41NO2Si. The van der Waals surface area contributed by atoms with Crippen LogP contribution in [-0.4, -0.2) is 25.5 Å². The SMILES string of the molecule is COC(=O)C(CC1CCCC1)c1cn([Si](C(C)C)(C(C)C)C(C)C)c2ccccc12. The van der Waals surface area contributed by atoms with Gasteiger partial charge in [0, 0.05) is 17.1 Å². The Morgan fingerprint density at radius 2 is 1.60 bits per heavy atom. The van der Waals surface area contributed by atoms with Crippen molar-refractivity contribution in [3.05, 3.63) is 36.0 Å². The molecule has 30 heavy (non-hydrogen) atoms. The molecular weight excluding hydrogens is 386 g/mol. The van der Waals surface area contributed by atoms with Gasteiger partial charge in [0.2, 0.25) is 0 Å². The van der Waals surface area contributed by atoms with E-state index >= 15 is 0 Å². The third kappa shape index (κ3) is 3.88. The summed E-state index contributed by atoms with van der Waals surface area (Å²) in [6.07, 6.45) is 8.37. The van der Waals surface area contributed by atoms with Crippen LogP contribution in [0.5, 0.6) is 0 Å². The van der Waals surface area contributed by atoms with Gasteiger partial charge in [0.1, 0.15) is 0 Å². The van der Waals surface area contributed by atoms with Gasteiger partial charge in [-0.3, -0.25) is 4.79 Å². The summed E-state index contributed by atoms with van der Waals surface area (Å²) in [5.41, 5.74) is 4.30. The molecule has 1 aromatic carbocycles. The highest BCUT2D eigenvalue weighted by atomic mass is 28.3. The molecule has 0 radical (unpaired) electrons. The van der Waals surface area contributed by atoms with E-state index in [1.807, 2.05) is 0 Å². The molecule has 2 aromatic rings. The monoisotopic (exact) mass is 427 g/mol. The normalized spacial score (nSPS) is 16.9. The third-order valence-electron chi connectivity index (χ3n) is 7.84. The van der Waals surface area contributed by atoms with E-state index in [0.717, 1.165) is 6.42 Å². The van der Waals surface area contributed by atoms with Crippen molar-refractivity contribution in [3.8, 4) is 0 Å². The van der Waals surface area contributed by atoms with Crippen LogP contribution in [0.3, 0.4) is 0 Å². The number of benzene rings is 1. The van der Waals surface area contributed by atoms with Crippen LogP contribution in [0.1, 0.15) is 85.1 Å². The van der Waals surface area contributed by atoms with Crippen LogP contribution in [0.4, 0.5) is 0 Å². The van der Waals surface area contributed by atoms with Crippen LogP contribution in [-0.2, 0) is 9.53 Å². The minimum atomic E-state index is -1.92. The third-order valence-corrected chi connectivity index (χ3v) is 14.6. The number of nitrogens with zero attached hydrogens (tertiary/aromatic N) is 1. The van der Waals surface area contributed by atoms with Gasteiger partial charge in [-0.05, 0) is 40.6 Å². The van der Waals surface area contributed by atoms with Crippen molar-refractivity contribution >= 4 is 25.1 Å². The molecule has 1 heterocycles. The molecule has 3 rings (SSSR count). The number of fused-ring (bicyclic) bond motifs is 1. The Morgan fingerprint density at radius 1 is 1.03 bits per heavy atom. The fraction of sp³-hybridized carbons (Fsp3) is 0.654. The number of hydrogen-bond donors (Lipinski definition) is 0. The van der Waals surface area contributed by atoms with Crippen molar-refractivity contribution in [2.45, 2.75) is 96.2 Å². The van der Waals surface area contributed by atoms with Crippen molar-refractivity contribution in [3.63, 3.8) is 0 Å². The van der Waals surface area contributed by atoms with Crippen LogP contribution in [0.25, 0.3) is 10.9 Å². The van der Waals surface area contributed by atoms with Gasteiger partial charge in [-0.25, -0.2) is 0 Å². The minimum absolute atomic E-state index is 0.0734. The molecule has 0 bridgehead atoms. The average molecular weight is 428 g/mol. The van der Waals surface area contributed by atoms with Crippen LogP contribution >= 0.6 is 0 Å². The topological polar surface area (TPSA) is 31.2 Å². The summed E-state index contributed by atoms with van der Waals surface area (Å²) in [6.45, 7) is 14.4. The summed E-state index contributed by atoms with van der Waals surface area (Å²) >= 11 is 0. The Hall–Kier alpha value is -1.55. The number of para-hydroxylation sites is 1. The minimum Gasteiger partial charge on any atom is -0.469 e. The maximum Gasteiger partial charge on any atom is 0.313 e. The maximum absolute atomic E-state index is 13.0. The highest BCUT2D eigenvalue weighted by Crippen LogP contribution is 2.46. The molecule has 0 amide bonds. The number of methoxy groups -OCH3 is 1. The van der Waals surface area contributed by atoms with Gasteiger partial charge in [-0.15, -0.1) is 0 Å². The second kappa shape index (κ2) is 9.29. The average Bonchev–Trinajstić information content (AvgIpc) is 3.34. The van der Waals surface area contributed by atoms with E-state index in [1.54, 1.807) is 7.11 Å². The molecule has 4 heteroatoms. The Morgan fingerprint density at radius 3 is 2.13 bits per heavy atom. The zero-order chi connectivity index (χ0) is 22.1. The molecule has 1 aliphatic carbocycles. The molecule has 1 unspecified atom stereocenters. The van der Waals surface area contributed by atoms with Crippen molar-refractivity contribution in [2.75, 3.05) is 7.11 Å². The van der Waals surface area contributed by atoms with Crippen molar-refractivity contribution in [1.29, 1.82) is 0 Å². The number of hydrogen-bond acceptors (Lipinski definition) is 2. The van der Waals surface area contributed by atoms with Gasteiger partial charge in [0.05, 0.1) is 13.0 Å². The molecule has 3 nitrogen and oxygen atoms in total. The summed E-state index contributed by atoms with van der Waals surface area (Å²) in [5.74, 6) is 0.400. The van der Waals surface area contributed by atoms with Crippen molar-refractivity contribution in [1.82, 2.24) is 4.23 Å². The van der Waals surface area contributed by atoms with E-state index in [1.165, 1.54) is 42.1 Å². The van der Waals surface area contributed by atoms with Gasteiger partial charge >= 0.3 is 5.97 Å². The van der Waals surface area contributed by atoms with E-state index in [0.29, 0.717) is 22.5 Å². The first kappa shape index (κ1) is 23.1. The summed E-state index contributed by atoms with van der Waals surface area (Å²) < 4.78 is 7.98. The van der Waals surface area contributed by atoms with Crippen LogP contribution in [0, 0.1) is 5.92 Å². The lowest BCUT2D eigenvalue weighted by molar-refractivity contribution is -0.142. The number of ether oxygens (including phenoxy) is 1. The predicted molar refractivity (Wildman–Crippen MR) is 130 cm³/mol. The van der Waals surface area contributed by atoms with E-state index in [4.69, 9.17) is 4.74 Å². The van der Waals surface area contributed by atoms with E-state index in [2.05, 4.69) is 76.2 Å². The zero-order valence-corrected chi connectivity index (χ0v) is 21.1. The Kier molecular flexibility index (Phi) is 7.16. The molecule has 166 valence electrons. The van der Waals surface area contributed by atoms with Gasteiger partial charge in [-0.2, -0.15) is 0 Å². The van der Waals surface area contributed by atoms with Crippen LogP contribution < -0.4 is 0 Å². The highest BCUT2D eigenvalue weighted by Gasteiger charge is 2.46. The highest BCUT2D eigenvalue weighted by molar-refractivity contribution is 6.82. The molecule has 0 spiro atoms. The standard InChI is InChI=1S/C26H41NO2Si/c1-18(2)30(19(3)4,20(5)6)27-17-24(22-14-10-11-15-25(22)27)23(26(28)29-7)16-21-12-8-9-13-21/h10-11,14-15,17-21,23H,8-9,12-13,16H2,1-7H3. The fourth-order valence-corrected chi connectivity index (χ4v) is 13.4. The Balaban J connectivity index is 2.22. The summed E-state index contributed by atoms with van der Waals surface area (Å²) in [5, 5.41) is 1.24. The van der Waals surface area contributed by atoms with Gasteiger partial charge < -0.3 is 8.97 Å². The van der Waals surface area contributed by atoms with Crippen LogP contribution in [0.15, 0.2) is 30.5 Å². The molecule has 0 N–H and O–H groups in total. The predicted octanol–water partition coefficient (Wildman–Crippen LogP) is 7.50. The van der Waals surface area contributed by atoms with Gasteiger partial charge in [0.15, 0.2) is 8.24 Å². The van der Waals surface area contributed by atoms with E-state index in [-0.39, 0.29) is 11.9 Å². The first-order valence-electron chi connectivity index (χ1n) is 11.9. The summed E-state index contributed by atoms with van der Waals surface area (Å²) in [6, 6.07) is 8.74. The van der Waals surface area contributed by atoms with E-state index in [9.17, 15) is 4.79 Å². The van der Waals surface area contributed by atoms with Crippen LogP contribution in [0.2, 0.25) is 16.6 Å².